The fraction of sp³-hybridized carbons (Fsp3) is 0.364. The first-order chi connectivity index (χ1) is 15.5. The zero-order valence-corrected chi connectivity index (χ0v) is 19.2. The first kappa shape index (κ1) is 22.7. The standard InChI is InChI=1S/C22H25Cl2N5O3/c1-14(20-16(23)3-2-4-17(20)24)32-15-5-6-18-19(13-15)27-21(26-18)28-22(30)25-7-8-29-9-11-31-12-10-29/h2-6,13-14H,7-12H2,1H3,(H3,25,26,27,28,30). The molecule has 32 heavy (non-hydrogen) atoms. The third kappa shape index (κ3) is 5.63. The molecule has 4 rings (SSSR count). The number of ether oxygens (including phenoxy) is 2. The summed E-state index contributed by atoms with van der Waals surface area (Å²) in [5.41, 5.74) is 2.18. The van der Waals surface area contributed by atoms with Crippen LogP contribution in [0.2, 0.25) is 10.0 Å². The Morgan fingerprint density at radius 2 is 2.00 bits per heavy atom. The van der Waals surface area contributed by atoms with E-state index < -0.39 is 0 Å². The molecule has 1 saturated heterocycles. The molecule has 10 heteroatoms. The fourth-order valence-electron chi connectivity index (χ4n) is 3.59. The molecular weight excluding hydrogens is 453 g/mol. The van der Waals surface area contributed by atoms with E-state index in [9.17, 15) is 4.79 Å². The number of nitrogens with one attached hydrogen (secondary N) is 3. The second-order valence-corrected chi connectivity index (χ2v) is 8.31. The van der Waals surface area contributed by atoms with E-state index in [0.717, 1.165) is 43.9 Å². The fourth-order valence-corrected chi connectivity index (χ4v) is 4.29. The molecule has 0 bridgehead atoms. The number of H-pyrrole nitrogens is 1. The number of carbonyl (C=O) groups excluding carboxylic acids is 1. The van der Waals surface area contributed by atoms with Crippen LogP contribution in [0, 0.1) is 0 Å². The van der Waals surface area contributed by atoms with Gasteiger partial charge in [-0.05, 0) is 31.2 Å². The van der Waals surface area contributed by atoms with Crippen LogP contribution in [-0.4, -0.2) is 60.3 Å². The number of aromatic nitrogens is 2. The molecule has 8 nitrogen and oxygen atoms in total. The molecule has 1 aromatic heterocycles. The van der Waals surface area contributed by atoms with Gasteiger partial charge in [-0.2, -0.15) is 0 Å². The van der Waals surface area contributed by atoms with E-state index in [2.05, 4.69) is 25.5 Å². The van der Waals surface area contributed by atoms with E-state index in [1.165, 1.54) is 0 Å². The topological polar surface area (TPSA) is 91.5 Å². The smallest absolute Gasteiger partial charge is 0.321 e. The number of rotatable bonds is 7. The van der Waals surface area contributed by atoms with Gasteiger partial charge in [0.1, 0.15) is 11.9 Å². The van der Waals surface area contributed by atoms with Crippen molar-refractivity contribution in [3.8, 4) is 5.75 Å². The van der Waals surface area contributed by atoms with Crippen molar-refractivity contribution in [1.29, 1.82) is 0 Å². The molecule has 1 atom stereocenters. The quantitative estimate of drug-likeness (QED) is 0.467. The zero-order chi connectivity index (χ0) is 22.5. The van der Waals surface area contributed by atoms with E-state index in [4.69, 9.17) is 32.7 Å². The maximum absolute atomic E-state index is 12.2. The number of imidazole rings is 1. The largest absolute Gasteiger partial charge is 0.486 e. The van der Waals surface area contributed by atoms with Crippen LogP contribution in [0.25, 0.3) is 11.0 Å². The van der Waals surface area contributed by atoms with Crippen molar-refractivity contribution < 1.29 is 14.3 Å². The number of aromatic amines is 1. The highest BCUT2D eigenvalue weighted by molar-refractivity contribution is 6.36. The second-order valence-electron chi connectivity index (χ2n) is 7.49. The maximum Gasteiger partial charge on any atom is 0.321 e. The Bertz CT molecular complexity index is 1060. The van der Waals surface area contributed by atoms with Crippen LogP contribution in [-0.2, 0) is 4.74 Å². The summed E-state index contributed by atoms with van der Waals surface area (Å²) in [6.07, 6.45) is -0.341. The number of benzene rings is 2. The zero-order valence-electron chi connectivity index (χ0n) is 17.7. The number of hydrogen-bond donors (Lipinski definition) is 3. The van der Waals surface area contributed by atoms with E-state index in [1.807, 2.05) is 25.1 Å². The number of carbonyl (C=O) groups is 1. The van der Waals surface area contributed by atoms with Crippen molar-refractivity contribution in [2.75, 3.05) is 44.7 Å². The Balaban J connectivity index is 1.34. The van der Waals surface area contributed by atoms with Gasteiger partial charge in [0.25, 0.3) is 0 Å². The van der Waals surface area contributed by atoms with E-state index >= 15 is 0 Å². The molecule has 2 aromatic carbocycles. The van der Waals surface area contributed by atoms with Crippen molar-refractivity contribution in [3.05, 3.63) is 52.0 Å². The molecule has 2 amide bonds. The number of hydrogen-bond acceptors (Lipinski definition) is 5. The second kappa shape index (κ2) is 10.4. The monoisotopic (exact) mass is 477 g/mol. The number of amides is 2. The highest BCUT2D eigenvalue weighted by Gasteiger charge is 2.16. The first-order valence-corrected chi connectivity index (χ1v) is 11.2. The van der Waals surface area contributed by atoms with Crippen molar-refractivity contribution in [1.82, 2.24) is 20.2 Å². The lowest BCUT2D eigenvalue weighted by Crippen LogP contribution is -2.42. The summed E-state index contributed by atoms with van der Waals surface area (Å²) in [4.78, 5) is 21.9. The van der Waals surface area contributed by atoms with Gasteiger partial charge in [0.2, 0.25) is 5.95 Å². The SMILES string of the molecule is CC(Oc1ccc2nc(NC(=O)NCCN3CCOCC3)[nH]c2c1)c1c(Cl)cccc1Cl. The number of fused-ring (bicyclic) bond motifs is 1. The van der Waals surface area contributed by atoms with E-state index in [1.54, 1.807) is 18.2 Å². The molecule has 170 valence electrons. The van der Waals surface area contributed by atoms with Gasteiger partial charge in [0.05, 0.1) is 24.2 Å². The van der Waals surface area contributed by atoms with Crippen LogP contribution in [0.3, 0.4) is 0 Å². The minimum Gasteiger partial charge on any atom is -0.486 e. The molecule has 1 unspecified atom stereocenters. The van der Waals surface area contributed by atoms with Gasteiger partial charge in [0.15, 0.2) is 0 Å². The summed E-state index contributed by atoms with van der Waals surface area (Å²) < 4.78 is 11.4. The van der Waals surface area contributed by atoms with Gasteiger partial charge in [-0.3, -0.25) is 10.2 Å². The molecule has 0 spiro atoms. The van der Waals surface area contributed by atoms with Crippen molar-refractivity contribution in [2.24, 2.45) is 0 Å². The number of halogens is 2. The van der Waals surface area contributed by atoms with Crippen LogP contribution < -0.4 is 15.4 Å². The molecule has 1 aliphatic rings. The summed E-state index contributed by atoms with van der Waals surface area (Å²) in [6, 6.07) is 10.5. The maximum atomic E-state index is 12.2. The third-order valence-electron chi connectivity index (χ3n) is 5.22. The average molecular weight is 478 g/mol. The predicted octanol–water partition coefficient (Wildman–Crippen LogP) is 4.46. The minimum atomic E-state index is -0.341. The third-order valence-corrected chi connectivity index (χ3v) is 5.88. The van der Waals surface area contributed by atoms with Gasteiger partial charge < -0.3 is 19.8 Å². The highest BCUT2D eigenvalue weighted by Crippen LogP contribution is 2.33. The lowest BCUT2D eigenvalue weighted by Gasteiger charge is -2.26. The van der Waals surface area contributed by atoms with Crippen molar-refractivity contribution >= 4 is 46.2 Å². The average Bonchev–Trinajstić information content (AvgIpc) is 3.15. The van der Waals surface area contributed by atoms with Gasteiger partial charge in [-0.15, -0.1) is 0 Å². The molecule has 3 aromatic rings. The number of nitrogens with zero attached hydrogens (tertiary/aromatic N) is 2. The molecule has 0 radical (unpaired) electrons. The van der Waals surface area contributed by atoms with Gasteiger partial charge in [0, 0.05) is 47.9 Å². The molecule has 2 heterocycles. The summed E-state index contributed by atoms with van der Waals surface area (Å²) in [6.45, 7) is 6.47. The normalized spacial score (nSPS) is 15.5. The summed E-state index contributed by atoms with van der Waals surface area (Å²) in [5, 5.41) is 6.69. The molecule has 0 aliphatic carbocycles. The summed E-state index contributed by atoms with van der Waals surface area (Å²) in [5.74, 6) is 0.995. The Labute approximate surface area is 196 Å². The van der Waals surface area contributed by atoms with Crippen LogP contribution in [0.4, 0.5) is 10.7 Å². The highest BCUT2D eigenvalue weighted by atomic mass is 35.5. The van der Waals surface area contributed by atoms with Crippen LogP contribution >= 0.6 is 23.2 Å². The number of urea groups is 1. The van der Waals surface area contributed by atoms with Gasteiger partial charge in [-0.1, -0.05) is 29.3 Å². The lowest BCUT2D eigenvalue weighted by molar-refractivity contribution is 0.0388. The van der Waals surface area contributed by atoms with Gasteiger partial charge in [-0.25, -0.2) is 9.78 Å². The predicted molar refractivity (Wildman–Crippen MR) is 126 cm³/mol. The van der Waals surface area contributed by atoms with E-state index in [0.29, 0.717) is 33.8 Å². The minimum absolute atomic E-state index is 0.309. The summed E-state index contributed by atoms with van der Waals surface area (Å²) >= 11 is 12.6. The Morgan fingerprint density at radius 3 is 2.75 bits per heavy atom. The van der Waals surface area contributed by atoms with Crippen LogP contribution in [0.1, 0.15) is 18.6 Å². The molecule has 1 fully saturated rings. The summed E-state index contributed by atoms with van der Waals surface area (Å²) in [7, 11) is 0. The molecule has 3 N–H and O–H groups in total. The molecular formula is C22H25Cl2N5O3. The number of morpholine rings is 1. The first-order valence-electron chi connectivity index (χ1n) is 10.4. The van der Waals surface area contributed by atoms with E-state index in [-0.39, 0.29) is 12.1 Å². The molecule has 0 saturated carbocycles. The molecule has 1 aliphatic heterocycles. The van der Waals surface area contributed by atoms with Gasteiger partial charge >= 0.3 is 6.03 Å². The van der Waals surface area contributed by atoms with Crippen molar-refractivity contribution in [3.63, 3.8) is 0 Å². The van der Waals surface area contributed by atoms with Crippen molar-refractivity contribution in [2.45, 2.75) is 13.0 Å². The number of anilines is 1. The Hall–Kier alpha value is -2.52. The Morgan fingerprint density at radius 1 is 1.25 bits per heavy atom. The van der Waals surface area contributed by atoms with Crippen LogP contribution in [0.15, 0.2) is 36.4 Å². The van der Waals surface area contributed by atoms with Crippen LogP contribution in [0.5, 0.6) is 5.75 Å². The Kier molecular flexibility index (Phi) is 7.36. The lowest BCUT2D eigenvalue weighted by atomic mass is 10.1.